The van der Waals surface area contributed by atoms with Crippen LogP contribution in [0, 0.1) is 17.4 Å². The second-order valence-corrected chi connectivity index (χ2v) is 5.36. The fourth-order valence-corrected chi connectivity index (χ4v) is 2.44. The molecule has 0 fully saturated rings. The van der Waals surface area contributed by atoms with E-state index in [1.165, 1.54) is 0 Å². The van der Waals surface area contributed by atoms with Crippen LogP contribution < -0.4 is 5.32 Å². The SMILES string of the molecule is Cc1cccc(C)c1C(=O)Nc1ccccc1I. The molecular weight excluding hydrogens is 337 g/mol. The lowest BCUT2D eigenvalue weighted by Crippen LogP contribution is -2.15. The quantitative estimate of drug-likeness (QED) is 0.809. The molecule has 0 aliphatic carbocycles. The first-order chi connectivity index (χ1) is 8.59. The molecule has 3 heteroatoms. The lowest BCUT2D eigenvalue weighted by atomic mass is 10.0. The third-order valence-electron chi connectivity index (χ3n) is 2.83. The van der Waals surface area contributed by atoms with Gasteiger partial charge < -0.3 is 5.32 Å². The van der Waals surface area contributed by atoms with Gasteiger partial charge in [-0.1, -0.05) is 30.3 Å². The first-order valence-electron chi connectivity index (χ1n) is 5.71. The summed E-state index contributed by atoms with van der Waals surface area (Å²) in [5.74, 6) is -0.0466. The number of amides is 1. The van der Waals surface area contributed by atoms with Crippen LogP contribution in [0.2, 0.25) is 0 Å². The van der Waals surface area contributed by atoms with Crippen molar-refractivity contribution in [1.82, 2.24) is 0 Å². The first-order valence-corrected chi connectivity index (χ1v) is 6.79. The van der Waals surface area contributed by atoms with E-state index in [0.29, 0.717) is 0 Å². The summed E-state index contributed by atoms with van der Waals surface area (Å²) in [6, 6.07) is 13.6. The molecule has 92 valence electrons. The van der Waals surface area contributed by atoms with E-state index in [4.69, 9.17) is 0 Å². The van der Waals surface area contributed by atoms with Crippen LogP contribution in [0.1, 0.15) is 21.5 Å². The van der Waals surface area contributed by atoms with Crippen LogP contribution in [0.25, 0.3) is 0 Å². The average molecular weight is 351 g/mol. The van der Waals surface area contributed by atoms with Crippen LogP contribution in [0.5, 0.6) is 0 Å². The molecular formula is C15H14INO. The number of benzene rings is 2. The Balaban J connectivity index is 2.31. The molecule has 2 rings (SSSR count). The highest BCUT2D eigenvalue weighted by Crippen LogP contribution is 2.20. The molecule has 18 heavy (non-hydrogen) atoms. The van der Waals surface area contributed by atoms with Crippen molar-refractivity contribution in [3.63, 3.8) is 0 Å². The second kappa shape index (κ2) is 5.52. The predicted molar refractivity (Wildman–Crippen MR) is 83.0 cm³/mol. The Morgan fingerprint density at radius 3 is 2.22 bits per heavy atom. The summed E-state index contributed by atoms with van der Waals surface area (Å²) in [5.41, 5.74) is 3.61. The molecule has 0 saturated carbocycles. The van der Waals surface area contributed by atoms with Crippen molar-refractivity contribution in [1.29, 1.82) is 0 Å². The maximum atomic E-state index is 12.3. The van der Waals surface area contributed by atoms with Gasteiger partial charge in [0.2, 0.25) is 0 Å². The van der Waals surface area contributed by atoms with E-state index < -0.39 is 0 Å². The summed E-state index contributed by atoms with van der Waals surface area (Å²) in [4.78, 5) is 12.3. The van der Waals surface area contributed by atoms with Gasteiger partial charge in [-0.3, -0.25) is 4.79 Å². The summed E-state index contributed by atoms with van der Waals surface area (Å²) in [7, 11) is 0. The molecule has 0 aliphatic rings. The summed E-state index contributed by atoms with van der Waals surface area (Å²) >= 11 is 2.22. The van der Waals surface area contributed by atoms with Crippen molar-refractivity contribution in [2.24, 2.45) is 0 Å². The standard InChI is InChI=1S/C15H14INO/c1-10-6-5-7-11(2)14(10)15(18)17-13-9-4-3-8-12(13)16/h3-9H,1-2H3,(H,17,18). The molecule has 0 radical (unpaired) electrons. The van der Waals surface area contributed by atoms with Gasteiger partial charge >= 0.3 is 0 Å². The summed E-state index contributed by atoms with van der Waals surface area (Å²) < 4.78 is 1.04. The van der Waals surface area contributed by atoms with E-state index in [9.17, 15) is 4.79 Å². The van der Waals surface area contributed by atoms with Crippen molar-refractivity contribution in [2.75, 3.05) is 5.32 Å². The fraction of sp³-hybridized carbons (Fsp3) is 0.133. The first kappa shape index (κ1) is 13.1. The van der Waals surface area contributed by atoms with Crippen LogP contribution in [-0.4, -0.2) is 5.91 Å². The van der Waals surface area contributed by atoms with Crippen molar-refractivity contribution in [3.8, 4) is 0 Å². The minimum atomic E-state index is -0.0466. The van der Waals surface area contributed by atoms with Crippen LogP contribution in [0.4, 0.5) is 5.69 Å². The van der Waals surface area contributed by atoms with Gasteiger partial charge in [-0.15, -0.1) is 0 Å². The molecule has 0 spiro atoms. The van der Waals surface area contributed by atoms with Crippen molar-refractivity contribution in [2.45, 2.75) is 13.8 Å². The maximum Gasteiger partial charge on any atom is 0.256 e. The minimum Gasteiger partial charge on any atom is -0.321 e. The monoisotopic (exact) mass is 351 g/mol. The third kappa shape index (κ3) is 2.72. The molecule has 2 nitrogen and oxygen atoms in total. The number of hydrogen-bond acceptors (Lipinski definition) is 1. The van der Waals surface area contributed by atoms with E-state index >= 15 is 0 Å². The largest absolute Gasteiger partial charge is 0.321 e. The van der Waals surface area contributed by atoms with Crippen molar-refractivity contribution >= 4 is 34.2 Å². The van der Waals surface area contributed by atoms with Crippen LogP contribution in [-0.2, 0) is 0 Å². The highest BCUT2D eigenvalue weighted by molar-refractivity contribution is 14.1. The number of anilines is 1. The number of carbonyl (C=O) groups is 1. The molecule has 0 heterocycles. The smallest absolute Gasteiger partial charge is 0.256 e. The van der Waals surface area contributed by atoms with E-state index in [1.807, 2.05) is 56.3 Å². The molecule has 0 unspecified atom stereocenters. The Kier molecular flexibility index (Phi) is 4.01. The van der Waals surface area contributed by atoms with Gasteiger partial charge in [0.25, 0.3) is 5.91 Å². The maximum absolute atomic E-state index is 12.3. The molecule has 0 atom stereocenters. The zero-order valence-corrected chi connectivity index (χ0v) is 12.5. The Labute approximate surface area is 121 Å². The molecule has 1 N–H and O–H groups in total. The molecule has 2 aromatic rings. The summed E-state index contributed by atoms with van der Waals surface area (Å²) in [6.07, 6.45) is 0. The minimum absolute atomic E-state index is 0.0466. The summed E-state index contributed by atoms with van der Waals surface area (Å²) in [6.45, 7) is 3.91. The van der Waals surface area contributed by atoms with Gasteiger partial charge in [-0.05, 0) is 59.7 Å². The Hall–Kier alpha value is -1.36. The van der Waals surface area contributed by atoms with E-state index in [-0.39, 0.29) is 5.91 Å². The molecule has 0 aromatic heterocycles. The van der Waals surface area contributed by atoms with Gasteiger partial charge in [-0.2, -0.15) is 0 Å². The van der Waals surface area contributed by atoms with Crippen LogP contribution >= 0.6 is 22.6 Å². The van der Waals surface area contributed by atoms with E-state index in [2.05, 4.69) is 27.9 Å². The topological polar surface area (TPSA) is 29.1 Å². The highest BCUT2D eigenvalue weighted by Gasteiger charge is 2.12. The number of rotatable bonds is 2. The molecule has 2 aromatic carbocycles. The molecule has 0 aliphatic heterocycles. The van der Waals surface area contributed by atoms with Gasteiger partial charge in [-0.25, -0.2) is 0 Å². The number of halogens is 1. The van der Waals surface area contributed by atoms with Gasteiger partial charge in [0.05, 0.1) is 5.69 Å². The highest BCUT2D eigenvalue weighted by atomic mass is 127. The lowest BCUT2D eigenvalue weighted by Gasteiger charge is -2.11. The van der Waals surface area contributed by atoms with Crippen molar-refractivity contribution in [3.05, 3.63) is 62.7 Å². The fourth-order valence-electron chi connectivity index (χ4n) is 1.92. The number of nitrogens with one attached hydrogen (secondary N) is 1. The zero-order chi connectivity index (χ0) is 13.1. The number of para-hydroxylation sites is 1. The van der Waals surface area contributed by atoms with E-state index in [1.54, 1.807) is 0 Å². The number of carbonyl (C=O) groups excluding carboxylic acids is 1. The molecule has 0 saturated heterocycles. The summed E-state index contributed by atoms with van der Waals surface area (Å²) in [5, 5.41) is 2.96. The Morgan fingerprint density at radius 2 is 1.61 bits per heavy atom. The Bertz CT molecular complexity index is 573. The third-order valence-corrected chi connectivity index (χ3v) is 3.77. The average Bonchev–Trinajstić information content (AvgIpc) is 2.32. The van der Waals surface area contributed by atoms with Gasteiger partial charge in [0, 0.05) is 9.13 Å². The van der Waals surface area contributed by atoms with E-state index in [0.717, 1.165) is 25.9 Å². The number of aryl methyl sites for hydroxylation is 2. The van der Waals surface area contributed by atoms with Crippen molar-refractivity contribution < 1.29 is 4.79 Å². The predicted octanol–water partition coefficient (Wildman–Crippen LogP) is 4.16. The lowest BCUT2D eigenvalue weighted by molar-refractivity contribution is 0.102. The Morgan fingerprint density at radius 1 is 1.00 bits per heavy atom. The van der Waals surface area contributed by atoms with Gasteiger partial charge in [0.15, 0.2) is 0 Å². The number of hydrogen-bond donors (Lipinski definition) is 1. The van der Waals surface area contributed by atoms with Gasteiger partial charge in [0.1, 0.15) is 0 Å². The molecule has 1 amide bonds. The molecule has 0 bridgehead atoms. The second-order valence-electron chi connectivity index (χ2n) is 4.20. The van der Waals surface area contributed by atoms with Crippen LogP contribution in [0.3, 0.4) is 0 Å². The zero-order valence-electron chi connectivity index (χ0n) is 10.3. The normalized spacial score (nSPS) is 10.2. The van der Waals surface area contributed by atoms with Crippen LogP contribution in [0.15, 0.2) is 42.5 Å².